The average Bonchev–Trinajstić information content (AvgIpc) is 3.73. The van der Waals surface area contributed by atoms with E-state index in [1.54, 1.807) is 7.11 Å². The molecule has 1 spiro atoms. The van der Waals surface area contributed by atoms with Gasteiger partial charge in [0.2, 0.25) is 0 Å². The lowest BCUT2D eigenvalue weighted by atomic mass is 9.67. The van der Waals surface area contributed by atoms with Gasteiger partial charge in [-0.1, -0.05) is 126 Å². The molecule has 1 unspecified atom stereocenters. The summed E-state index contributed by atoms with van der Waals surface area (Å²) in [7, 11) is 1.73. The van der Waals surface area contributed by atoms with Crippen molar-refractivity contribution in [2.75, 3.05) is 38.3 Å². The minimum absolute atomic E-state index is 0.0775. The first-order valence-corrected chi connectivity index (χ1v) is 23.2. The molecule has 59 heavy (non-hydrogen) atoms. The van der Waals surface area contributed by atoms with E-state index in [1.807, 2.05) is 11.8 Å². The van der Waals surface area contributed by atoms with Crippen molar-refractivity contribution in [3.8, 4) is 28.4 Å². The van der Waals surface area contributed by atoms with Gasteiger partial charge in [0.1, 0.15) is 17.2 Å². The van der Waals surface area contributed by atoms with E-state index in [1.165, 1.54) is 81.3 Å². The van der Waals surface area contributed by atoms with Crippen LogP contribution in [0.5, 0.6) is 17.2 Å². The number of methoxy groups -OCH3 is 1. The summed E-state index contributed by atoms with van der Waals surface area (Å²) in [5.74, 6) is 3.87. The third-order valence-electron chi connectivity index (χ3n) is 13.7. The Balaban J connectivity index is 1.22. The van der Waals surface area contributed by atoms with Gasteiger partial charge in [-0.25, -0.2) is 0 Å². The van der Waals surface area contributed by atoms with Crippen LogP contribution in [0.15, 0.2) is 95.9 Å². The molecular weight excluding hydrogens is 747 g/mol. The van der Waals surface area contributed by atoms with Crippen LogP contribution in [-0.2, 0) is 15.8 Å². The first kappa shape index (κ1) is 38.8. The van der Waals surface area contributed by atoms with Gasteiger partial charge < -0.3 is 23.8 Å². The largest absolute Gasteiger partial charge is 0.497 e. The SMILES string of the molecule is COc1ccc(C2(c3ccc(N4CCOCC4)cc3)C=Cc3c4c(c5cc6c(cc5c3O2)SC(CC(C)C)(CC(C)C)O6)-c2ccccc2C42CCCCCCC2)cc1. The summed E-state index contributed by atoms with van der Waals surface area (Å²) >= 11 is 1.94. The van der Waals surface area contributed by atoms with Gasteiger partial charge in [0.15, 0.2) is 10.5 Å². The van der Waals surface area contributed by atoms with Crippen LogP contribution in [0, 0.1) is 11.8 Å². The van der Waals surface area contributed by atoms with Crippen LogP contribution in [0.4, 0.5) is 5.69 Å². The molecule has 306 valence electrons. The molecule has 1 saturated heterocycles. The van der Waals surface area contributed by atoms with Gasteiger partial charge in [-0.2, -0.15) is 0 Å². The van der Waals surface area contributed by atoms with Crippen molar-refractivity contribution in [3.05, 3.63) is 119 Å². The minimum Gasteiger partial charge on any atom is -0.497 e. The molecule has 5 nitrogen and oxygen atoms in total. The topological polar surface area (TPSA) is 40.2 Å². The molecular formula is C53H59NO4S. The molecule has 10 rings (SSSR count). The lowest BCUT2D eigenvalue weighted by molar-refractivity contribution is 0.122. The Bertz CT molecular complexity index is 2370. The van der Waals surface area contributed by atoms with Crippen molar-refractivity contribution in [2.45, 2.75) is 106 Å². The van der Waals surface area contributed by atoms with Gasteiger partial charge in [-0.05, 0) is 108 Å². The molecule has 0 radical (unpaired) electrons. The molecule has 0 N–H and O–H groups in total. The van der Waals surface area contributed by atoms with E-state index in [-0.39, 0.29) is 10.3 Å². The highest BCUT2D eigenvalue weighted by Crippen LogP contribution is 2.63. The Labute approximate surface area is 355 Å². The van der Waals surface area contributed by atoms with Crippen LogP contribution in [0.25, 0.3) is 28.0 Å². The van der Waals surface area contributed by atoms with Crippen LogP contribution in [0.1, 0.15) is 113 Å². The highest BCUT2D eigenvalue weighted by Gasteiger charge is 2.49. The molecule has 2 aliphatic carbocycles. The number of hydrogen-bond acceptors (Lipinski definition) is 6. The molecule has 0 amide bonds. The minimum atomic E-state index is -0.870. The molecule has 0 bridgehead atoms. The second kappa shape index (κ2) is 15.3. The number of rotatable bonds is 8. The van der Waals surface area contributed by atoms with Crippen molar-refractivity contribution in [3.63, 3.8) is 0 Å². The zero-order valence-electron chi connectivity index (χ0n) is 35.6. The summed E-state index contributed by atoms with van der Waals surface area (Å²) in [6.45, 7) is 12.6. The first-order valence-electron chi connectivity index (χ1n) is 22.3. The Kier molecular flexibility index (Phi) is 10.0. The summed E-state index contributed by atoms with van der Waals surface area (Å²) < 4.78 is 26.5. The van der Waals surface area contributed by atoms with Crippen molar-refractivity contribution in [2.24, 2.45) is 11.8 Å². The number of thioether (sulfide) groups is 1. The smallest absolute Gasteiger partial charge is 0.178 e. The Morgan fingerprint density at radius 2 is 1.41 bits per heavy atom. The number of fused-ring (bicyclic) bond motifs is 11. The highest BCUT2D eigenvalue weighted by molar-refractivity contribution is 8.00. The average molecular weight is 806 g/mol. The quantitative estimate of drug-likeness (QED) is 0.156. The van der Waals surface area contributed by atoms with Gasteiger partial charge in [0, 0.05) is 46.3 Å². The van der Waals surface area contributed by atoms with Crippen molar-refractivity contribution < 1.29 is 18.9 Å². The Morgan fingerprint density at radius 1 is 0.746 bits per heavy atom. The molecule has 1 atom stereocenters. The summed E-state index contributed by atoms with van der Waals surface area (Å²) in [6.07, 6.45) is 15.5. The maximum Gasteiger partial charge on any atom is 0.178 e. The monoisotopic (exact) mass is 805 g/mol. The third kappa shape index (κ3) is 6.55. The van der Waals surface area contributed by atoms with Crippen molar-refractivity contribution in [1.29, 1.82) is 0 Å². The summed E-state index contributed by atoms with van der Waals surface area (Å²) in [6, 6.07) is 31.8. The standard InChI is InChI=1S/C53H59NO4S/c1-35(2)33-52(34-36(3)4)57-46-31-43-44(32-47(46)59-52)50-42(49-48(43)41-13-9-10-14-45(41)51(49)24-11-7-6-8-12-25-51)23-26-53(58-50,38-17-21-40(55-5)22-18-38)37-15-19-39(20-16-37)54-27-29-56-30-28-54/h9-10,13-23,26,31-32,35-36H,6-8,11-12,24-25,27-30,33-34H2,1-5H3. The highest BCUT2D eigenvalue weighted by atomic mass is 32.2. The van der Waals surface area contributed by atoms with E-state index in [0.29, 0.717) is 11.8 Å². The van der Waals surface area contributed by atoms with Gasteiger partial charge in [-0.15, -0.1) is 0 Å². The van der Waals surface area contributed by atoms with Crippen molar-refractivity contribution >= 4 is 34.3 Å². The Morgan fingerprint density at radius 3 is 2.08 bits per heavy atom. The number of ether oxygens (including phenoxy) is 4. The van der Waals surface area contributed by atoms with Crippen LogP contribution in [-0.4, -0.2) is 38.3 Å². The molecule has 1 saturated carbocycles. The number of morpholine rings is 1. The fraction of sp³-hybridized carbons (Fsp3) is 0.434. The zero-order valence-corrected chi connectivity index (χ0v) is 36.4. The molecule has 5 aromatic rings. The van der Waals surface area contributed by atoms with Crippen LogP contribution in [0.3, 0.4) is 0 Å². The van der Waals surface area contributed by atoms with Gasteiger partial charge in [0.25, 0.3) is 0 Å². The molecule has 2 fully saturated rings. The second-order valence-corrected chi connectivity index (χ2v) is 20.0. The maximum atomic E-state index is 7.91. The fourth-order valence-electron chi connectivity index (χ4n) is 11.3. The van der Waals surface area contributed by atoms with E-state index in [4.69, 9.17) is 18.9 Å². The normalized spacial score (nSPS) is 21.4. The van der Waals surface area contributed by atoms with Gasteiger partial charge in [-0.3, -0.25) is 0 Å². The summed E-state index contributed by atoms with van der Waals surface area (Å²) in [4.78, 5) is 3.35. The van der Waals surface area contributed by atoms with Gasteiger partial charge >= 0.3 is 0 Å². The number of benzene rings is 5. The van der Waals surface area contributed by atoms with Gasteiger partial charge in [0.05, 0.1) is 25.2 Å². The molecule has 3 aliphatic heterocycles. The van der Waals surface area contributed by atoms with E-state index in [0.717, 1.165) is 80.4 Å². The molecule has 6 heteroatoms. The van der Waals surface area contributed by atoms with E-state index >= 15 is 0 Å². The van der Waals surface area contributed by atoms with E-state index in [2.05, 4.69) is 130 Å². The van der Waals surface area contributed by atoms with Crippen LogP contribution < -0.4 is 19.1 Å². The lowest BCUT2D eigenvalue weighted by Crippen LogP contribution is -2.37. The fourth-order valence-corrected chi connectivity index (χ4v) is 13.1. The maximum absolute atomic E-state index is 7.91. The molecule has 5 aromatic carbocycles. The van der Waals surface area contributed by atoms with E-state index < -0.39 is 5.60 Å². The van der Waals surface area contributed by atoms with Crippen molar-refractivity contribution in [1.82, 2.24) is 0 Å². The molecule has 5 aliphatic rings. The number of hydrogen-bond donors (Lipinski definition) is 0. The number of nitrogens with zero attached hydrogens (tertiary/aromatic N) is 1. The van der Waals surface area contributed by atoms with Crippen LogP contribution >= 0.6 is 11.8 Å². The first-order chi connectivity index (χ1) is 28.7. The lowest BCUT2D eigenvalue weighted by Gasteiger charge is -2.40. The predicted octanol–water partition coefficient (Wildman–Crippen LogP) is 13.3. The third-order valence-corrected chi connectivity index (χ3v) is 15.1. The predicted molar refractivity (Wildman–Crippen MR) is 244 cm³/mol. The molecule has 0 aromatic heterocycles. The second-order valence-electron chi connectivity index (χ2n) is 18.6. The molecule has 3 heterocycles. The zero-order chi connectivity index (χ0) is 40.4. The Hall–Kier alpha value is -4.39. The van der Waals surface area contributed by atoms with Crippen LogP contribution in [0.2, 0.25) is 0 Å². The van der Waals surface area contributed by atoms with E-state index in [9.17, 15) is 0 Å². The summed E-state index contributed by atoms with van der Waals surface area (Å²) in [5, 5.41) is 2.42. The summed E-state index contributed by atoms with van der Waals surface area (Å²) in [5.41, 5.74) is 9.42. The number of anilines is 1.